The molecule has 17 heavy (non-hydrogen) atoms. The predicted molar refractivity (Wildman–Crippen MR) is 72.0 cm³/mol. The van der Waals surface area contributed by atoms with Gasteiger partial charge in [0.15, 0.2) is 0 Å². The summed E-state index contributed by atoms with van der Waals surface area (Å²) >= 11 is 12.2. The minimum atomic E-state index is 0.623. The first-order valence-electron chi connectivity index (χ1n) is 5.33. The van der Waals surface area contributed by atoms with Crippen LogP contribution in [0.5, 0.6) is 0 Å². The van der Waals surface area contributed by atoms with Gasteiger partial charge in [-0.2, -0.15) is 0 Å². The van der Waals surface area contributed by atoms with Gasteiger partial charge < -0.3 is 4.90 Å². The molecule has 1 aromatic carbocycles. The van der Waals surface area contributed by atoms with E-state index in [9.17, 15) is 0 Å². The maximum absolute atomic E-state index is 6.20. The molecule has 86 valence electrons. The van der Waals surface area contributed by atoms with Crippen LogP contribution in [0.25, 0.3) is 0 Å². The summed E-state index contributed by atoms with van der Waals surface area (Å²) in [6.07, 6.45) is 6.13. The van der Waals surface area contributed by atoms with Gasteiger partial charge in [-0.05, 0) is 30.7 Å². The minimum absolute atomic E-state index is 0.623. The van der Waals surface area contributed by atoms with Gasteiger partial charge in [0.05, 0.1) is 12.2 Å². The Morgan fingerprint density at radius 3 is 2.88 bits per heavy atom. The molecule has 4 heteroatoms. The van der Waals surface area contributed by atoms with Crippen LogP contribution in [0.3, 0.4) is 0 Å². The zero-order valence-corrected chi connectivity index (χ0v) is 10.8. The number of allylic oxidation sites excluding steroid dienone is 2. The van der Waals surface area contributed by atoms with Gasteiger partial charge in [-0.1, -0.05) is 29.3 Å². The summed E-state index contributed by atoms with van der Waals surface area (Å²) in [5, 5.41) is 1.30. The molecule has 2 heterocycles. The number of hydrogen-bond donors (Lipinski definition) is 0. The molecule has 0 aliphatic carbocycles. The van der Waals surface area contributed by atoms with Crippen molar-refractivity contribution in [2.75, 3.05) is 0 Å². The fourth-order valence-corrected chi connectivity index (χ4v) is 2.57. The maximum Gasteiger partial charge on any atom is 0.133 e. The largest absolute Gasteiger partial charge is 0.328 e. The van der Waals surface area contributed by atoms with Crippen molar-refractivity contribution in [1.29, 1.82) is 0 Å². The molecule has 0 fully saturated rings. The second kappa shape index (κ2) is 3.90. The molecular formula is C13H10Cl2N2. The maximum atomic E-state index is 6.20. The van der Waals surface area contributed by atoms with Crippen molar-refractivity contribution in [2.45, 2.75) is 13.5 Å². The molecule has 3 rings (SSSR count). The number of nitrogens with zero attached hydrogens (tertiary/aromatic N) is 2. The molecule has 0 N–H and O–H groups in total. The fourth-order valence-electron chi connectivity index (χ4n) is 2.02. The van der Waals surface area contributed by atoms with Crippen molar-refractivity contribution < 1.29 is 0 Å². The molecule has 0 saturated carbocycles. The summed E-state index contributed by atoms with van der Waals surface area (Å²) in [5.41, 5.74) is 3.10. The Balaban J connectivity index is 2.14. The van der Waals surface area contributed by atoms with Gasteiger partial charge in [-0.25, -0.2) is 4.99 Å². The molecule has 2 nitrogen and oxygen atoms in total. The van der Waals surface area contributed by atoms with Crippen molar-refractivity contribution in [3.05, 3.63) is 51.7 Å². The van der Waals surface area contributed by atoms with Crippen molar-refractivity contribution in [1.82, 2.24) is 4.90 Å². The van der Waals surface area contributed by atoms with Crippen LogP contribution in [-0.2, 0) is 6.54 Å². The summed E-state index contributed by atoms with van der Waals surface area (Å²) in [4.78, 5) is 6.66. The fraction of sp³-hybridized carbons (Fsp3) is 0.154. The lowest BCUT2D eigenvalue weighted by Crippen LogP contribution is -2.28. The van der Waals surface area contributed by atoms with Gasteiger partial charge in [0, 0.05) is 21.8 Å². The average molecular weight is 265 g/mol. The molecule has 2 aliphatic rings. The third-order valence-corrected chi connectivity index (χ3v) is 3.40. The normalized spacial score (nSPS) is 17.2. The minimum Gasteiger partial charge on any atom is -0.328 e. The van der Waals surface area contributed by atoms with E-state index in [1.165, 1.54) is 5.57 Å². The van der Waals surface area contributed by atoms with Gasteiger partial charge in [0.25, 0.3) is 0 Å². The first-order valence-corrected chi connectivity index (χ1v) is 6.09. The van der Waals surface area contributed by atoms with Crippen molar-refractivity contribution in [3.63, 3.8) is 0 Å². The Kier molecular flexibility index (Phi) is 2.49. The van der Waals surface area contributed by atoms with E-state index in [2.05, 4.69) is 23.0 Å². The highest BCUT2D eigenvalue weighted by molar-refractivity contribution is 6.35. The molecule has 0 bridgehead atoms. The van der Waals surface area contributed by atoms with Crippen LogP contribution in [0.4, 0.5) is 5.69 Å². The van der Waals surface area contributed by atoms with Crippen molar-refractivity contribution in [3.8, 4) is 0 Å². The lowest BCUT2D eigenvalue weighted by atomic mass is 10.1. The van der Waals surface area contributed by atoms with E-state index < -0.39 is 0 Å². The van der Waals surface area contributed by atoms with Crippen LogP contribution in [0.1, 0.15) is 12.5 Å². The molecule has 0 atom stereocenters. The summed E-state index contributed by atoms with van der Waals surface area (Å²) in [6, 6.07) is 3.62. The van der Waals surface area contributed by atoms with Crippen LogP contribution in [-0.4, -0.2) is 10.7 Å². The average Bonchev–Trinajstić information content (AvgIpc) is 2.27. The number of amidine groups is 1. The molecule has 0 unspecified atom stereocenters. The lowest BCUT2D eigenvalue weighted by Gasteiger charge is -2.29. The summed E-state index contributed by atoms with van der Waals surface area (Å²) in [5.74, 6) is 0.932. The topological polar surface area (TPSA) is 15.6 Å². The summed E-state index contributed by atoms with van der Waals surface area (Å²) in [6.45, 7) is 2.80. The van der Waals surface area contributed by atoms with Crippen LogP contribution >= 0.6 is 23.2 Å². The third-order valence-electron chi connectivity index (χ3n) is 2.85. The van der Waals surface area contributed by atoms with E-state index in [-0.39, 0.29) is 0 Å². The number of halogens is 2. The predicted octanol–water partition coefficient (Wildman–Crippen LogP) is 4.31. The number of rotatable bonds is 0. The molecule has 1 aromatic rings. The van der Waals surface area contributed by atoms with Gasteiger partial charge in [-0.15, -0.1) is 0 Å². The smallest absolute Gasteiger partial charge is 0.133 e. The number of benzene rings is 1. The van der Waals surface area contributed by atoms with Crippen LogP contribution in [0.2, 0.25) is 10.0 Å². The Morgan fingerprint density at radius 2 is 2.06 bits per heavy atom. The highest BCUT2D eigenvalue weighted by Gasteiger charge is 2.21. The Labute approximate surface area is 110 Å². The molecule has 0 saturated heterocycles. The van der Waals surface area contributed by atoms with Gasteiger partial charge in [0.2, 0.25) is 0 Å². The van der Waals surface area contributed by atoms with Gasteiger partial charge in [-0.3, -0.25) is 0 Å². The molecular weight excluding hydrogens is 255 g/mol. The van der Waals surface area contributed by atoms with Crippen molar-refractivity contribution in [2.24, 2.45) is 4.99 Å². The van der Waals surface area contributed by atoms with Crippen LogP contribution in [0, 0.1) is 0 Å². The standard InChI is InChI=1S/C13H10Cl2N2/c1-8-2-3-13-16-12-5-9(14)4-11(15)10(12)7-17(13)6-8/h2-6H,7H2,1H3. The quantitative estimate of drug-likeness (QED) is 0.682. The number of fused-ring (bicyclic) bond motifs is 2. The summed E-state index contributed by atoms with van der Waals surface area (Å²) < 4.78 is 0. The lowest BCUT2D eigenvalue weighted by molar-refractivity contribution is 0.540. The summed E-state index contributed by atoms with van der Waals surface area (Å²) in [7, 11) is 0. The first kappa shape index (κ1) is 10.9. The first-order chi connectivity index (χ1) is 8.13. The van der Waals surface area contributed by atoms with Crippen LogP contribution < -0.4 is 0 Å². The van der Waals surface area contributed by atoms with E-state index in [1.54, 1.807) is 6.07 Å². The van der Waals surface area contributed by atoms with E-state index in [4.69, 9.17) is 23.2 Å². The molecule has 2 aliphatic heterocycles. The molecule has 0 radical (unpaired) electrons. The molecule has 0 aromatic heterocycles. The van der Waals surface area contributed by atoms with Crippen molar-refractivity contribution >= 4 is 34.7 Å². The zero-order valence-electron chi connectivity index (χ0n) is 9.24. The van der Waals surface area contributed by atoms with E-state index in [0.29, 0.717) is 10.0 Å². The number of hydrogen-bond acceptors (Lipinski definition) is 2. The monoisotopic (exact) mass is 264 g/mol. The van der Waals surface area contributed by atoms with E-state index >= 15 is 0 Å². The van der Waals surface area contributed by atoms with E-state index in [0.717, 1.165) is 23.6 Å². The van der Waals surface area contributed by atoms with E-state index in [1.807, 2.05) is 18.2 Å². The number of aliphatic imine (C=N–C) groups is 1. The highest BCUT2D eigenvalue weighted by atomic mass is 35.5. The zero-order chi connectivity index (χ0) is 12.0. The second-order valence-electron chi connectivity index (χ2n) is 4.19. The van der Waals surface area contributed by atoms with Gasteiger partial charge in [0.1, 0.15) is 5.84 Å². The Hall–Kier alpha value is -1.25. The SMILES string of the molecule is CC1=CN2Cc3c(Cl)cc(Cl)cc3N=C2C=C1. The van der Waals surface area contributed by atoms with Crippen LogP contribution in [0.15, 0.2) is 41.1 Å². The second-order valence-corrected chi connectivity index (χ2v) is 5.03. The third kappa shape index (κ3) is 1.88. The molecule has 0 amide bonds. The Bertz CT molecular complexity index is 585. The Morgan fingerprint density at radius 1 is 1.24 bits per heavy atom. The van der Waals surface area contributed by atoms with Gasteiger partial charge >= 0.3 is 0 Å². The molecule has 0 spiro atoms. The highest BCUT2D eigenvalue weighted by Crippen LogP contribution is 2.36.